The average molecular weight is 329 g/mol. The van der Waals surface area contributed by atoms with Gasteiger partial charge in [-0.15, -0.1) is 0 Å². The Balaban J connectivity index is 2.48. The number of rotatable bonds is 13. The van der Waals surface area contributed by atoms with Gasteiger partial charge >= 0.3 is 8.80 Å². The molecular formula is C16H32N2O3Si. The average Bonchev–Trinajstić information content (AvgIpc) is 2.94. The number of imidazole rings is 1. The van der Waals surface area contributed by atoms with E-state index in [1.54, 1.807) is 0 Å². The van der Waals surface area contributed by atoms with Gasteiger partial charge in [0.25, 0.3) is 0 Å². The highest BCUT2D eigenvalue weighted by Crippen LogP contribution is 2.18. The smallest absolute Gasteiger partial charge is 0.374 e. The zero-order valence-corrected chi connectivity index (χ0v) is 15.6. The highest BCUT2D eigenvalue weighted by atomic mass is 28.4. The number of hydrogen-bond acceptors (Lipinski definition) is 3. The summed E-state index contributed by atoms with van der Waals surface area (Å²) in [5.41, 5.74) is 0. The van der Waals surface area contributed by atoms with Crippen LogP contribution in [0.5, 0.6) is 0 Å². The van der Waals surface area contributed by atoms with E-state index in [9.17, 15) is 0 Å². The van der Waals surface area contributed by atoms with E-state index in [0.717, 1.165) is 25.6 Å². The highest BCUT2D eigenvalue weighted by Gasteiger charge is 2.39. The van der Waals surface area contributed by atoms with Gasteiger partial charge in [-0.05, 0) is 46.0 Å². The quantitative estimate of drug-likeness (QED) is 0.317. The summed E-state index contributed by atoms with van der Waals surface area (Å²) < 4.78 is 21.9. The molecule has 0 aromatic carbocycles. The third kappa shape index (κ3) is 6.60. The molecule has 128 valence electrons. The zero-order valence-electron chi connectivity index (χ0n) is 14.6. The SMILES string of the molecule is CCCC[n+]1[c-]n(CCC[Si](OCC)(OCC)OCC)cc1. The third-order valence-electron chi connectivity index (χ3n) is 3.41. The van der Waals surface area contributed by atoms with E-state index in [1.165, 1.54) is 12.8 Å². The van der Waals surface area contributed by atoms with Gasteiger partial charge < -0.3 is 22.4 Å². The van der Waals surface area contributed by atoms with Gasteiger partial charge in [-0.3, -0.25) is 0 Å². The van der Waals surface area contributed by atoms with E-state index < -0.39 is 8.80 Å². The second-order valence-corrected chi connectivity index (χ2v) is 7.96. The maximum Gasteiger partial charge on any atom is 0.501 e. The van der Waals surface area contributed by atoms with Gasteiger partial charge in [0.2, 0.25) is 6.33 Å². The summed E-state index contributed by atoms with van der Waals surface area (Å²) in [5, 5.41) is 0. The number of nitrogens with zero attached hydrogens (tertiary/aromatic N) is 2. The molecule has 0 amide bonds. The van der Waals surface area contributed by atoms with E-state index in [1.807, 2.05) is 20.8 Å². The summed E-state index contributed by atoms with van der Waals surface area (Å²) in [5.74, 6) is 0. The van der Waals surface area contributed by atoms with Crippen molar-refractivity contribution in [2.24, 2.45) is 0 Å². The van der Waals surface area contributed by atoms with Crippen molar-refractivity contribution in [3.8, 4) is 0 Å². The van der Waals surface area contributed by atoms with Crippen LogP contribution in [0, 0.1) is 6.33 Å². The fourth-order valence-corrected chi connectivity index (χ4v) is 5.03. The molecule has 0 aliphatic heterocycles. The van der Waals surface area contributed by atoms with Gasteiger partial charge in [0.15, 0.2) is 0 Å². The molecule has 1 aromatic rings. The van der Waals surface area contributed by atoms with Crippen LogP contribution in [0.4, 0.5) is 0 Å². The Morgan fingerprint density at radius 3 is 2.18 bits per heavy atom. The molecule has 22 heavy (non-hydrogen) atoms. The first-order valence-electron chi connectivity index (χ1n) is 8.59. The summed E-state index contributed by atoms with van der Waals surface area (Å²) in [4.78, 5) is 0. The maximum atomic E-state index is 5.88. The molecule has 0 saturated heterocycles. The Kier molecular flexibility index (Phi) is 9.62. The number of aryl methyl sites for hydroxylation is 2. The Morgan fingerprint density at radius 1 is 1.00 bits per heavy atom. The maximum absolute atomic E-state index is 5.88. The third-order valence-corrected chi connectivity index (χ3v) is 6.56. The fourth-order valence-electron chi connectivity index (χ4n) is 2.44. The predicted molar refractivity (Wildman–Crippen MR) is 88.4 cm³/mol. The first kappa shape index (κ1) is 19.4. The molecule has 5 nitrogen and oxygen atoms in total. The minimum Gasteiger partial charge on any atom is -0.374 e. The molecule has 0 bridgehead atoms. The van der Waals surface area contributed by atoms with Crippen molar-refractivity contribution >= 4 is 8.80 Å². The summed E-state index contributed by atoms with van der Waals surface area (Å²) in [6.45, 7) is 12.1. The monoisotopic (exact) mass is 328 g/mol. The number of hydrogen-bond donors (Lipinski definition) is 0. The molecule has 0 unspecified atom stereocenters. The molecule has 1 rings (SSSR count). The second-order valence-electron chi connectivity index (χ2n) is 5.22. The zero-order chi connectivity index (χ0) is 16.3. The molecule has 0 aliphatic rings. The first-order chi connectivity index (χ1) is 10.7. The standard InChI is InChI=1S/C16H32N2O3Si/c1-5-9-11-17-13-14-18(16-17)12-10-15-22(19-6-2,20-7-3)21-8-4/h13-14H,5-12,15H2,1-4H3. The molecule has 0 N–H and O–H groups in total. The van der Waals surface area contributed by atoms with Crippen LogP contribution in [0.2, 0.25) is 6.04 Å². The Hall–Kier alpha value is -0.693. The minimum atomic E-state index is -2.50. The summed E-state index contributed by atoms with van der Waals surface area (Å²) >= 11 is 0. The van der Waals surface area contributed by atoms with Crippen LogP contribution in [-0.2, 0) is 26.4 Å². The Bertz CT molecular complexity index is 381. The first-order valence-corrected chi connectivity index (χ1v) is 10.5. The van der Waals surface area contributed by atoms with Crippen molar-refractivity contribution in [3.63, 3.8) is 0 Å². The van der Waals surface area contributed by atoms with Crippen molar-refractivity contribution in [1.29, 1.82) is 0 Å². The largest absolute Gasteiger partial charge is 0.501 e. The fraction of sp³-hybridized carbons (Fsp3) is 0.812. The molecule has 0 aliphatic carbocycles. The second kappa shape index (κ2) is 10.9. The van der Waals surface area contributed by atoms with Gasteiger partial charge in [-0.1, -0.05) is 13.3 Å². The molecule has 1 aromatic heterocycles. The Morgan fingerprint density at radius 2 is 1.64 bits per heavy atom. The van der Waals surface area contributed by atoms with Crippen LogP contribution in [-0.4, -0.2) is 33.2 Å². The van der Waals surface area contributed by atoms with Crippen LogP contribution in [0.25, 0.3) is 0 Å². The molecule has 0 saturated carbocycles. The van der Waals surface area contributed by atoms with Crippen LogP contribution in [0.3, 0.4) is 0 Å². The van der Waals surface area contributed by atoms with Gasteiger partial charge in [0, 0.05) is 25.9 Å². The summed E-state index contributed by atoms with van der Waals surface area (Å²) in [6, 6.07) is 0.851. The molecule has 1 heterocycles. The van der Waals surface area contributed by atoms with E-state index in [4.69, 9.17) is 13.3 Å². The Labute approximate surface area is 136 Å². The normalized spacial score (nSPS) is 12.0. The van der Waals surface area contributed by atoms with Gasteiger partial charge in [-0.25, -0.2) is 0 Å². The molecular weight excluding hydrogens is 296 g/mol. The van der Waals surface area contributed by atoms with E-state index in [0.29, 0.717) is 19.8 Å². The lowest BCUT2D eigenvalue weighted by Gasteiger charge is -2.28. The van der Waals surface area contributed by atoms with Crippen molar-refractivity contribution in [2.75, 3.05) is 19.8 Å². The van der Waals surface area contributed by atoms with E-state index >= 15 is 0 Å². The van der Waals surface area contributed by atoms with Gasteiger partial charge in [-0.2, -0.15) is 0 Å². The number of unbranched alkanes of at least 4 members (excludes halogenated alkanes) is 1. The molecule has 6 heteroatoms. The van der Waals surface area contributed by atoms with Gasteiger partial charge in [0.1, 0.15) is 0 Å². The molecule has 0 atom stereocenters. The highest BCUT2D eigenvalue weighted by molar-refractivity contribution is 6.60. The molecule has 0 fully saturated rings. The van der Waals surface area contributed by atoms with E-state index in [2.05, 4.69) is 34.8 Å². The lowest BCUT2D eigenvalue weighted by atomic mass is 10.3. The summed E-state index contributed by atoms with van der Waals surface area (Å²) in [6.07, 6.45) is 10.9. The lowest BCUT2D eigenvalue weighted by Crippen LogP contribution is -2.46. The van der Waals surface area contributed by atoms with Crippen molar-refractivity contribution in [2.45, 2.75) is 66.1 Å². The van der Waals surface area contributed by atoms with Crippen LogP contribution >= 0.6 is 0 Å². The van der Waals surface area contributed by atoms with Crippen molar-refractivity contribution < 1.29 is 17.8 Å². The van der Waals surface area contributed by atoms with Gasteiger partial charge in [0.05, 0.1) is 13.1 Å². The predicted octanol–water partition coefficient (Wildman–Crippen LogP) is 2.81. The summed E-state index contributed by atoms with van der Waals surface area (Å²) in [7, 11) is -2.50. The van der Waals surface area contributed by atoms with Crippen LogP contribution < -0.4 is 4.57 Å². The van der Waals surface area contributed by atoms with Crippen LogP contribution in [0.1, 0.15) is 47.0 Å². The van der Waals surface area contributed by atoms with Crippen molar-refractivity contribution in [1.82, 2.24) is 4.57 Å². The lowest BCUT2D eigenvalue weighted by molar-refractivity contribution is -0.700. The van der Waals surface area contributed by atoms with Crippen molar-refractivity contribution in [3.05, 3.63) is 18.7 Å². The molecule has 0 radical (unpaired) electrons. The topological polar surface area (TPSA) is 36.5 Å². The van der Waals surface area contributed by atoms with Crippen LogP contribution in [0.15, 0.2) is 12.4 Å². The van der Waals surface area contributed by atoms with E-state index in [-0.39, 0.29) is 0 Å². The molecule has 0 spiro atoms. The minimum absolute atomic E-state index is 0.638. The number of aromatic nitrogens is 2.